The zero-order valence-corrected chi connectivity index (χ0v) is 15.5. The van der Waals surface area contributed by atoms with Crippen molar-refractivity contribution in [3.63, 3.8) is 0 Å². The summed E-state index contributed by atoms with van der Waals surface area (Å²) < 4.78 is 5.02. The van der Waals surface area contributed by atoms with Crippen molar-refractivity contribution >= 4 is 41.1 Å². The molecular weight excluding hydrogens is 378 g/mol. The minimum absolute atomic E-state index is 0.108. The van der Waals surface area contributed by atoms with E-state index in [9.17, 15) is 14.4 Å². The average molecular weight is 396 g/mol. The summed E-state index contributed by atoms with van der Waals surface area (Å²) in [5, 5.41) is 3.10. The number of hydrogen-bond donors (Lipinski definition) is 3. The maximum atomic E-state index is 12.3. The van der Waals surface area contributed by atoms with Gasteiger partial charge in [0.05, 0.1) is 6.26 Å². The van der Waals surface area contributed by atoms with Crippen LogP contribution >= 0.6 is 23.4 Å². The first-order chi connectivity index (χ1) is 12.5. The number of nitrogens with one attached hydrogen (secondary N) is 3. The molecule has 3 amide bonds. The number of amides is 3. The van der Waals surface area contributed by atoms with Crippen LogP contribution in [-0.4, -0.2) is 35.8 Å². The largest absolute Gasteiger partial charge is 0.459 e. The topological polar surface area (TPSA) is 100 Å². The molecule has 0 spiro atoms. The van der Waals surface area contributed by atoms with Crippen molar-refractivity contribution in [2.24, 2.45) is 0 Å². The van der Waals surface area contributed by atoms with Crippen LogP contribution in [0, 0.1) is 0 Å². The number of carbonyl (C=O) groups is 3. The van der Waals surface area contributed by atoms with Gasteiger partial charge in [-0.05, 0) is 54.8 Å². The summed E-state index contributed by atoms with van der Waals surface area (Å²) in [7, 11) is 0. The second-order valence-corrected chi connectivity index (χ2v) is 6.66. The Kier molecular flexibility index (Phi) is 7.55. The highest BCUT2D eigenvalue weighted by Gasteiger charge is 2.22. The molecule has 0 aliphatic heterocycles. The molecule has 2 aromatic rings. The smallest absolute Gasteiger partial charge is 0.287 e. The van der Waals surface area contributed by atoms with E-state index in [1.54, 1.807) is 18.2 Å². The second-order valence-electron chi connectivity index (χ2n) is 5.24. The maximum Gasteiger partial charge on any atom is 0.287 e. The molecule has 0 fully saturated rings. The molecule has 26 heavy (non-hydrogen) atoms. The fraction of sp³-hybridized carbons (Fsp3) is 0.235. The highest BCUT2D eigenvalue weighted by atomic mass is 35.5. The average Bonchev–Trinajstić information content (AvgIpc) is 3.18. The van der Waals surface area contributed by atoms with Crippen LogP contribution in [0.15, 0.2) is 47.1 Å². The summed E-state index contributed by atoms with van der Waals surface area (Å²) in [6.45, 7) is 0. The maximum absolute atomic E-state index is 12.3. The van der Waals surface area contributed by atoms with Crippen molar-refractivity contribution in [1.29, 1.82) is 0 Å². The quantitative estimate of drug-likeness (QED) is 0.624. The Bertz CT molecular complexity index is 750. The van der Waals surface area contributed by atoms with E-state index in [4.69, 9.17) is 16.0 Å². The summed E-state index contributed by atoms with van der Waals surface area (Å²) in [6.07, 6.45) is 3.67. The fourth-order valence-electron chi connectivity index (χ4n) is 2.02. The summed E-state index contributed by atoms with van der Waals surface area (Å²) in [4.78, 5) is 36.5. The van der Waals surface area contributed by atoms with Crippen molar-refractivity contribution in [3.8, 4) is 0 Å². The Morgan fingerprint density at radius 2 is 1.85 bits per heavy atom. The minimum atomic E-state index is -0.814. The number of hydrazine groups is 1. The fourth-order valence-corrected chi connectivity index (χ4v) is 2.62. The van der Waals surface area contributed by atoms with Crippen LogP contribution in [0.5, 0.6) is 0 Å². The van der Waals surface area contributed by atoms with E-state index in [0.717, 1.165) is 0 Å². The van der Waals surface area contributed by atoms with E-state index in [-0.39, 0.29) is 5.76 Å². The van der Waals surface area contributed by atoms with Gasteiger partial charge < -0.3 is 9.73 Å². The molecule has 0 aliphatic carbocycles. The van der Waals surface area contributed by atoms with Crippen LogP contribution in [0.3, 0.4) is 0 Å². The third-order valence-corrected chi connectivity index (χ3v) is 4.28. The number of rotatable bonds is 7. The van der Waals surface area contributed by atoms with Gasteiger partial charge in [0.15, 0.2) is 5.76 Å². The number of furan rings is 1. The molecule has 0 bridgehead atoms. The van der Waals surface area contributed by atoms with Gasteiger partial charge >= 0.3 is 0 Å². The van der Waals surface area contributed by atoms with Gasteiger partial charge in [-0.1, -0.05) is 11.6 Å². The molecule has 1 unspecified atom stereocenters. The van der Waals surface area contributed by atoms with Crippen LogP contribution in [0.1, 0.15) is 27.3 Å². The Labute approximate surface area is 159 Å². The molecule has 9 heteroatoms. The summed E-state index contributed by atoms with van der Waals surface area (Å²) in [5.74, 6) is -0.753. The number of carbonyl (C=O) groups excluding carboxylic acids is 3. The minimum Gasteiger partial charge on any atom is -0.459 e. The molecule has 1 aromatic carbocycles. The summed E-state index contributed by atoms with van der Waals surface area (Å²) >= 11 is 7.31. The van der Waals surface area contributed by atoms with Crippen molar-refractivity contribution < 1.29 is 18.8 Å². The molecule has 0 saturated heterocycles. The first-order valence-corrected chi connectivity index (χ1v) is 9.47. The monoisotopic (exact) mass is 395 g/mol. The third-order valence-electron chi connectivity index (χ3n) is 3.38. The zero-order chi connectivity index (χ0) is 18.9. The van der Waals surface area contributed by atoms with Gasteiger partial charge in [-0.2, -0.15) is 11.8 Å². The van der Waals surface area contributed by atoms with Crippen LogP contribution in [0.4, 0.5) is 0 Å². The molecule has 3 N–H and O–H groups in total. The zero-order valence-electron chi connectivity index (χ0n) is 14.0. The number of benzene rings is 1. The molecule has 138 valence electrons. The van der Waals surface area contributed by atoms with Gasteiger partial charge in [0.1, 0.15) is 6.04 Å². The second kappa shape index (κ2) is 9.88. The van der Waals surface area contributed by atoms with Gasteiger partial charge in [0.2, 0.25) is 0 Å². The predicted octanol–water partition coefficient (Wildman–Crippen LogP) is 2.25. The standard InChI is InChI=1S/C17H18ClN3O4S/c1-26-10-8-13(19-17(24)14-3-2-9-25-14)16(23)21-20-15(22)11-4-6-12(18)7-5-11/h2-7,9,13H,8,10H2,1H3,(H,19,24)(H,20,22)(H,21,23). The predicted molar refractivity (Wildman–Crippen MR) is 100 cm³/mol. The molecule has 1 heterocycles. The van der Waals surface area contributed by atoms with Gasteiger partial charge in [0.25, 0.3) is 17.7 Å². The Morgan fingerprint density at radius 1 is 1.12 bits per heavy atom. The molecular formula is C17H18ClN3O4S. The normalized spacial score (nSPS) is 11.5. The van der Waals surface area contributed by atoms with E-state index in [1.807, 2.05) is 6.26 Å². The Balaban J connectivity index is 1.93. The first-order valence-electron chi connectivity index (χ1n) is 7.70. The highest BCUT2D eigenvalue weighted by molar-refractivity contribution is 7.98. The van der Waals surface area contributed by atoms with Gasteiger partial charge in [0, 0.05) is 10.6 Å². The third kappa shape index (κ3) is 5.82. The molecule has 1 aromatic heterocycles. The lowest BCUT2D eigenvalue weighted by atomic mass is 10.2. The van der Waals surface area contributed by atoms with E-state index >= 15 is 0 Å². The van der Waals surface area contributed by atoms with Crippen LogP contribution in [0.25, 0.3) is 0 Å². The molecule has 2 rings (SSSR count). The Hall–Kier alpha value is -2.45. The van der Waals surface area contributed by atoms with E-state index in [2.05, 4.69) is 16.2 Å². The Morgan fingerprint density at radius 3 is 2.46 bits per heavy atom. The molecule has 7 nitrogen and oxygen atoms in total. The van der Waals surface area contributed by atoms with E-state index in [0.29, 0.717) is 22.8 Å². The van der Waals surface area contributed by atoms with Gasteiger partial charge in [-0.15, -0.1) is 0 Å². The number of thioether (sulfide) groups is 1. The SMILES string of the molecule is CSCCC(NC(=O)c1ccco1)C(=O)NNC(=O)c1ccc(Cl)cc1. The lowest BCUT2D eigenvalue weighted by Gasteiger charge is -2.18. The molecule has 1 atom stereocenters. The van der Waals surface area contributed by atoms with Crippen molar-refractivity contribution in [3.05, 3.63) is 59.0 Å². The van der Waals surface area contributed by atoms with Crippen molar-refractivity contribution in [2.75, 3.05) is 12.0 Å². The molecule has 0 saturated carbocycles. The van der Waals surface area contributed by atoms with Crippen LogP contribution < -0.4 is 16.2 Å². The highest BCUT2D eigenvalue weighted by Crippen LogP contribution is 2.09. The van der Waals surface area contributed by atoms with Gasteiger partial charge in [-0.3, -0.25) is 25.2 Å². The summed E-state index contributed by atoms with van der Waals surface area (Å²) in [6, 6.07) is 8.48. The summed E-state index contributed by atoms with van der Waals surface area (Å²) in [5.41, 5.74) is 4.99. The first kappa shape index (κ1) is 19.9. The van der Waals surface area contributed by atoms with Gasteiger partial charge in [-0.25, -0.2) is 0 Å². The lowest BCUT2D eigenvalue weighted by molar-refractivity contribution is -0.123. The van der Waals surface area contributed by atoms with E-state index in [1.165, 1.54) is 36.2 Å². The lowest BCUT2D eigenvalue weighted by Crippen LogP contribution is -2.52. The van der Waals surface area contributed by atoms with Crippen LogP contribution in [0.2, 0.25) is 5.02 Å². The van der Waals surface area contributed by atoms with Crippen molar-refractivity contribution in [2.45, 2.75) is 12.5 Å². The van der Waals surface area contributed by atoms with Crippen LogP contribution in [-0.2, 0) is 4.79 Å². The number of hydrogen-bond acceptors (Lipinski definition) is 5. The molecule has 0 radical (unpaired) electrons. The van der Waals surface area contributed by atoms with E-state index < -0.39 is 23.8 Å². The number of halogens is 1. The van der Waals surface area contributed by atoms with Crippen molar-refractivity contribution in [1.82, 2.24) is 16.2 Å². The molecule has 0 aliphatic rings.